The van der Waals surface area contributed by atoms with Crippen LogP contribution in [-0.4, -0.2) is 25.2 Å². The molecule has 1 fully saturated rings. The second-order valence-electron chi connectivity index (χ2n) is 7.41. The Kier molecular flexibility index (Phi) is 4.43. The summed E-state index contributed by atoms with van der Waals surface area (Å²) in [6.45, 7) is 14.8. The molecule has 0 amide bonds. The molecule has 112 valence electrons. The lowest BCUT2D eigenvalue weighted by molar-refractivity contribution is 0.366. The first kappa shape index (κ1) is 15.4. The van der Waals surface area contributed by atoms with Gasteiger partial charge in [-0.1, -0.05) is 39.8 Å². The standard InChI is InChI=1S/C18H30N2/c1-6-18(5)14-20(13-7-12-19-18)16-10-8-15(9-11-16)17(2,3)4/h8-11,19H,6-7,12-14H2,1-5H3. The number of benzene rings is 1. The first-order valence-electron chi connectivity index (χ1n) is 7.95. The van der Waals surface area contributed by atoms with E-state index in [2.05, 4.69) is 69.1 Å². The van der Waals surface area contributed by atoms with Gasteiger partial charge in [0, 0.05) is 24.3 Å². The van der Waals surface area contributed by atoms with Crippen molar-refractivity contribution >= 4 is 5.69 Å². The van der Waals surface area contributed by atoms with Crippen LogP contribution in [0.25, 0.3) is 0 Å². The minimum atomic E-state index is 0.233. The second kappa shape index (κ2) is 5.77. The predicted octanol–water partition coefficient (Wildman–Crippen LogP) is 3.95. The largest absolute Gasteiger partial charge is 0.370 e. The Morgan fingerprint density at radius 1 is 1.20 bits per heavy atom. The maximum absolute atomic E-state index is 3.70. The molecule has 1 aromatic carbocycles. The normalized spacial score (nSPS) is 24.6. The fourth-order valence-electron chi connectivity index (χ4n) is 2.85. The average Bonchev–Trinajstić information content (AvgIpc) is 2.61. The molecule has 0 bridgehead atoms. The van der Waals surface area contributed by atoms with Gasteiger partial charge in [0.1, 0.15) is 0 Å². The fourth-order valence-corrected chi connectivity index (χ4v) is 2.85. The molecule has 2 nitrogen and oxygen atoms in total. The molecule has 2 heteroatoms. The minimum Gasteiger partial charge on any atom is -0.370 e. The maximum atomic E-state index is 3.70. The Morgan fingerprint density at radius 3 is 2.40 bits per heavy atom. The zero-order valence-electron chi connectivity index (χ0n) is 13.8. The molecule has 0 aromatic heterocycles. The summed E-state index contributed by atoms with van der Waals surface area (Å²) in [7, 11) is 0. The van der Waals surface area contributed by atoms with E-state index in [0.717, 1.165) is 19.6 Å². The van der Waals surface area contributed by atoms with Gasteiger partial charge >= 0.3 is 0 Å². The van der Waals surface area contributed by atoms with Crippen molar-refractivity contribution in [3.63, 3.8) is 0 Å². The molecule has 1 aliphatic heterocycles. The molecule has 0 radical (unpaired) electrons. The molecule has 1 heterocycles. The van der Waals surface area contributed by atoms with Crippen molar-refractivity contribution in [2.24, 2.45) is 0 Å². The molecule has 0 spiro atoms. The maximum Gasteiger partial charge on any atom is 0.0367 e. The van der Waals surface area contributed by atoms with Crippen LogP contribution in [0.15, 0.2) is 24.3 Å². The molecule has 1 unspecified atom stereocenters. The molecule has 1 saturated heterocycles. The Morgan fingerprint density at radius 2 is 1.85 bits per heavy atom. The Bertz CT molecular complexity index is 430. The lowest BCUT2D eigenvalue weighted by Crippen LogP contribution is -2.48. The monoisotopic (exact) mass is 274 g/mol. The smallest absolute Gasteiger partial charge is 0.0367 e. The summed E-state index contributed by atoms with van der Waals surface area (Å²) in [5.41, 5.74) is 3.24. The number of hydrogen-bond donors (Lipinski definition) is 1. The highest BCUT2D eigenvalue weighted by Gasteiger charge is 2.27. The van der Waals surface area contributed by atoms with Gasteiger partial charge in [-0.2, -0.15) is 0 Å². The van der Waals surface area contributed by atoms with Crippen LogP contribution in [0.5, 0.6) is 0 Å². The summed E-state index contributed by atoms with van der Waals surface area (Å²) in [4.78, 5) is 2.54. The van der Waals surface area contributed by atoms with Gasteiger partial charge in [-0.05, 0) is 49.4 Å². The van der Waals surface area contributed by atoms with E-state index in [0.29, 0.717) is 0 Å². The predicted molar refractivity (Wildman–Crippen MR) is 88.7 cm³/mol. The van der Waals surface area contributed by atoms with E-state index in [1.807, 2.05) is 0 Å². The average molecular weight is 274 g/mol. The molecule has 1 aliphatic rings. The van der Waals surface area contributed by atoms with E-state index in [4.69, 9.17) is 0 Å². The molecule has 20 heavy (non-hydrogen) atoms. The van der Waals surface area contributed by atoms with Gasteiger partial charge in [0.2, 0.25) is 0 Å². The van der Waals surface area contributed by atoms with Gasteiger partial charge in [-0.3, -0.25) is 0 Å². The van der Waals surface area contributed by atoms with Crippen LogP contribution in [-0.2, 0) is 5.41 Å². The van der Waals surface area contributed by atoms with E-state index in [1.54, 1.807) is 0 Å². The lowest BCUT2D eigenvalue weighted by Gasteiger charge is -2.34. The van der Waals surface area contributed by atoms with Gasteiger partial charge in [-0.15, -0.1) is 0 Å². The molecular formula is C18H30N2. The van der Waals surface area contributed by atoms with E-state index in [-0.39, 0.29) is 11.0 Å². The summed E-state index contributed by atoms with van der Waals surface area (Å²) in [6, 6.07) is 9.16. The van der Waals surface area contributed by atoms with Crippen molar-refractivity contribution in [1.82, 2.24) is 5.32 Å². The summed E-state index contributed by atoms with van der Waals surface area (Å²) >= 11 is 0. The first-order chi connectivity index (χ1) is 9.34. The van der Waals surface area contributed by atoms with E-state index >= 15 is 0 Å². The zero-order chi connectivity index (χ0) is 14.8. The number of nitrogens with one attached hydrogen (secondary N) is 1. The molecule has 0 aliphatic carbocycles. The number of hydrogen-bond acceptors (Lipinski definition) is 2. The van der Waals surface area contributed by atoms with E-state index < -0.39 is 0 Å². The molecule has 2 rings (SSSR count). The summed E-state index contributed by atoms with van der Waals surface area (Å²) in [5.74, 6) is 0. The third-order valence-corrected chi connectivity index (χ3v) is 4.58. The zero-order valence-corrected chi connectivity index (χ0v) is 13.8. The third-order valence-electron chi connectivity index (χ3n) is 4.58. The van der Waals surface area contributed by atoms with Gasteiger partial charge in [-0.25, -0.2) is 0 Å². The van der Waals surface area contributed by atoms with Crippen molar-refractivity contribution in [1.29, 1.82) is 0 Å². The SMILES string of the molecule is CCC1(C)CN(c2ccc(C(C)(C)C)cc2)CCCN1. The highest BCUT2D eigenvalue weighted by Crippen LogP contribution is 2.26. The van der Waals surface area contributed by atoms with Crippen molar-refractivity contribution < 1.29 is 0 Å². The molecular weight excluding hydrogens is 244 g/mol. The first-order valence-corrected chi connectivity index (χ1v) is 7.95. The topological polar surface area (TPSA) is 15.3 Å². The third kappa shape index (κ3) is 3.54. The minimum absolute atomic E-state index is 0.233. The highest BCUT2D eigenvalue weighted by molar-refractivity contribution is 5.49. The fraction of sp³-hybridized carbons (Fsp3) is 0.667. The molecule has 0 saturated carbocycles. The van der Waals surface area contributed by atoms with Gasteiger partial charge in [0.15, 0.2) is 0 Å². The molecule has 1 aromatic rings. The Hall–Kier alpha value is -1.02. The van der Waals surface area contributed by atoms with Crippen LogP contribution in [0.4, 0.5) is 5.69 Å². The summed E-state index contributed by atoms with van der Waals surface area (Å²) in [6.07, 6.45) is 2.39. The van der Waals surface area contributed by atoms with E-state index in [1.165, 1.54) is 24.1 Å². The van der Waals surface area contributed by atoms with Crippen LogP contribution in [0.1, 0.15) is 53.0 Å². The van der Waals surface area contributed by atoms with Crippen LogP contribution < -0.4 is 10.2 Å². The van der Waals surface area contributed by atoms with Gasteiger partial charge in [0.25, 0.3) is 0 Å². The highest BCUT2D eigenvalue weighted by atomic mass is 15.2. The van der Waals surface area contributed by atoms with Crippen LogP contribution in [0.3, 0.4) is 0 Å². The Labute approximate surface area is 124 Å². The van der Waals surface area contributed by atoms with Crippen LogP contribution in [0.2, 0.25) is 0 Å². The quantitative estimate of drug-likeness (QED) is 0.878. The number of rotatable bonds is 2. The van der Waals surface area contributed by atoms with Crippen LogP contribution in [0, 0.1) is 0 Å². The van der Waals surface area contributed by atoms with Crippen molar-refractivity contribution in [3.8, 4) is 0 Å². The van der Waals surface area contributed by atoms with Crippen molar-refractivity contribution in [3.05, 3.63) is 29.8 Å². The lowest BCUT2D eigenvalue weighted by atomic mass is 9.87. The summed E-state index contributed by atoms with van der Waals surface area (Å²) < 4.78 is 0. The van der Waals surface area contributed by atoms with E-state index in [9.17, 15) is 0 Å². The number of nitrogens with zero attached hydrogens (tertiary/aromatic N) is 1. The van der Waals surface area contributed by atoms with Gasteiger partial charge < -0.3 is 10.2 Å². The summed E-state index contributed by atoms with van der Waals surface area (Å²) in [5, 5.41) is 3.70. The van der Waals surface area contributed by atoms with Crippen molar-refractivity contribution in [2.45, 2.75) is 58.4 Å². The number of anilines is 1. The molecule has 1 N–H and O–H groups in total. The molecule has 1 atom stereocenters. The van der Waals surface area contributed by atoms with Crippen molar-refractivity contribution in [2.75, 3.05) is 24.5 Å². The van der Waals surface area contributed by atoms with Gasteiger partial charge in [0.05, 0.1) is 0 Å². The van der Waals surface area contributed by atoms with Crippen LogP contribution >= 0.6 is 0 Å². The Balaban J connectivity index is 2.18. The second-order valence-corrected chi connectivity index (χ2v) is 7.41.